The van der Waals surface area contributed by atoms with Gasteiger partial charge in [0.2, 0.25) is 0 Å². The predicted octanol–water partition coefficient (Wildman–Crippen LogP) is 2.52. The van der Waals surface area contributed by atoms with Gasteiger partial charge in [-0.1, -0.05) is 0 Å². The maximum atomic E-state index is 12.0. The number of hydrogen-bond donors (Lipinski definition) is 2. The highest BCUT2D eigenvalue weighted by Gasteiger charge is 2.27. The van der Waals surface area contributed by atoms with Crippen LogP contribution in [-0.4, -0.2) is 35.1 Å². The summed E-state index contributed by atoms with van der Waals surface area (Å²) in [6.07, 6.45) is 1.39. The minimum atomic E-state index is -0.821. The highest BCUT2D eigenvalue weighted by atomic mass is 79.9. The van der Waals surface area contributed by atoms with Crippen molar-refractivity contribution in [2.24, 2.45) is 5.92 Å². The Labute approximate surface area is 123 Å². The summed E-state index contributed by atoms with van der Waals surface area (Å²) >= 11 is 4.98. The van der Waals surface area contributed by atoms with Gasteiger partial charge >= 0.3 is 12.0 Å². The van der Waals surface area contributed by atoms with Crippen molar-refractivity contribution < 1.29 is 14.7 Å². The van der Waals surface area contributed by atoms with Gasteiger partial charge in [-0.2, -0.15) is 0 Å². The van der Waals surface area contributed by atoms with E-state index in [0.29, 0.717) is 26.1 Å². The van der Waals surface area contributed by atoms with Crippen molar-refractivity contribution in [1.29, 1.82) is 0 Å². The SMILES string of the molecule is O=C(O)[C@H]1CCCN(C(=O)NCc2sccc2Br)C1. The van der Waals surface area contributed by atoms with E-state index >= 15 is 0 Å². The fraction of sp³-hybridized carbons (Fsp3) is 0.500. The average Bonchev–Trinajstić information content (AvgIpc) is 2.81. The molecule has 104 valence electrons. The van der Waals surface area contributed by atoms with Crippen LogP contribution in [0.2, 0.25) is 0 Å². The standard InChI is InChI=1S/C12H15BrN2O3S/c13-9-3-5-19-10(9)6-14-12(18)15-4-1-2-8(7-15)11(16)17/h3,5,8H,1-2,4,6-7H2,(H,14,18)(H,16,17)/t8-/m0/s1. The molecule has 1 fully saturated rings. The molecule has 19 heavy (non-hydrogen) atoms. The van der Waals surface area contributed by atoms with Crippen molar-refractivity contribution in [1.82, 2.24) is 10.2 Å². The summed E-state index contributed by atoms with van der Waals surface area (Å²) in [5, 5.41) is 13.8. The topological polar surface area (TPSA) is 69.6 Å². The molecule has 1 aliphatic rings. The number of aliphatic carboxylic acids is 1. The molecular formula is C12H15BrN2O3S. The number of rotatable bonds is 3. The third kappa shape index (κ3) is 3.70. The van der Waals surface area contributed by atoms with Crippen LogP contribution in [0.15, 0.2) is 15.9 Å². The first-order chi connectivity index (χ1) is 9.08. The lowest BCUT2D eigenvalue weighted by Gasteiger charge is -2.30. The molecule has 2 amide bonds. The number of thiophene rings is 1. The summed E-state index contributed by atoms with van der Waals surface area (Å²) in [7, 11) is 0. The van der Waals surface area contributed by atoms with Crippen LogP contribution in [0.4, 0.5) is 4.79 Å². The van der Waals surface area contributed by atoms with Gasteiger partial charge < -0.3 is 15.3 Å². The highest BCUT2D eigenvalue weighted by Crippen LogP contribution is 2.22. The Balaban J connectivity index is 1.86. The molecule has 0 aromatic carbocycles. The quantitative estimate of drug-likeness (QED) is 0.883. The van der Waals surface area contributed by atoms with Gasteiger partial charge in [0.15, 0.2) is 0 Å². The monoisotopic (exact) mass is 346 g/mol. The second-order valence-electron chi connectivity index (χ2n) is 4.47. The van der Waals surface area contributed by atoms with Gasteiger partial charge in [0, 0.05) is 22.4 Å². The Morgan fingerprint density at radius 2 is 2.37 bits per heavy atom. The average molecular weight is 347 g/mol. The van der Waals surface area contributed by atoms with Gasteiger partial charge in [0.05, 0.1) is 12.5 Å². The molecule has 0 saturated carbocycles. The van der Waals surface area contributed by atoms with Gasteiger partial charge in [-0.05, 0) is 40.2 Å². The molecular weight excluding hydrogens is 332 g/mol. The normalized spacial score (nSPS) is 19.2. The Morgan fingerprint density at radius 1 is 1.58 bits per heavy atom. The number of amides is 2. The molecule has 2 heterocycles. The largest absolute Gasteiger partial charge is 0.481 e. The highest BCUT2D eigenvalue weighted by molar-refractivity contribution is 9.10. The molecule has 1 aromatic rings. The Morgan fingerprint density at radius 3 is 3.00 bits per heavy atom. The summed E-state index contributed by atoms with van der Waals surface area (Å²) < 4.78 is 0.986. The number of nitrogens with zero attached hydrogens (tertiary/aromatic N) is 1. The first-order valence-electron chi connectivity index (χ1n) is 6.05. The molecule has 7 heteroatoms. The van der Waals surface area contributed by atoms with E-state index in [1.54, 1.807) is 16.2 Å². The zero-order chi connectivity index (χ0) is 13.8. The first kappa shape index (κ1) is 14.3. The first-order valence-corrected chi connectivity index (χ1v) is 7.72. The van der Waals surface area contributed by atoms with E-state index in [0.717, 1.165) is 15.8 Å². The molecule has 0 bridgehead atoms. The van der Waals surface area contributed by atoms with Crippen LogP contribution in [0, 0.1) is 5.92 Å². The lowest BCUT2D eigenvalue weighted by molar-refractivity contribution is -0.143. The van der Waals surface area contributed by atoms with E-state index in [-0.39, 0.29) is 6.03 Å². The zero-order valence-corrected chi connectivity index (χ0v) is 12.7. The van der Waals surface area contributed by atoms with Gasteiger partial charge in [-0.25, -0.2) is 4.79 Å². The zero-order valence-electron chi connectivity index (χ0n) is 10.3. The van der Waals surface area contributed by atoms with Crippen molar-refractivity contribution in [2.45, 2.75) is 19.4 Å². The van der Waals surface area contributed by atoms with Crippen LogP contribution in [0.1, 0.15) is 17.7 Å². The van der Waals surface area contributed by atoms with Crippen LogP contribution in [0.5, 0.6) is 0 Å². The number of carboxylic acids is 1. The van der Waals surface area contributed by atoms with Crippen molar-refractivity contribution in [3.63, 3.8) is 0 Å². The van der Waals surface area contributed by atoms with Crippen LogP contribution in [0.3, 0.4) is 0 Å². The van der Waals surface area contributed by atoms with Crippen molar-refractivity contribution in [2.75, 3.05) is 13.1 Å². The summed E-state index contributed by atoms with van der Waals surface area (Å²) in [4.78, 5) is 25.6. The molecule has 1 aliphatic heterocycles. The molecule has 1 aromatic heterocycles. The Hall–Kier alpha value is -1.08. The van der Waals surface area contributed by atoms with Crippen molar-refractivity contribution >= 4 is 39.3 Å². The number of carboxylic acid groups (broad SMARTS) is 1. The predicted molar refractivity (Wildman–Crippen MR) is 76.2 cm³/mol. The van der Waals surface area contributed by atoms with Crippen LogP contribution in [0.25, 0.3) is 0 Å². The van der Waals surface area contributed by atoms with Gasteiger partial charge in [0.1, 0.15) is 0 Å². The number of piperidine rings is 1. The summed E-state index contributed by atoms with van der Waals surface area (Å²) in [5.74, 6) is -1.26. The molecule has 0 radical (unpaired) electrons. The summed E-state index contributed by atoms with van der Waals surface area (Å²) in [6, 6.07) is 1.75. The molecule has 0 spiro atoms. The summed E-state index contributed by atoms with van der Waals surface area (Å²) in [5.41, 5.74) is 0. The van der Waals surface area contributed by atoms with E-state index in [1.165, 1.54) is 0 Å². The molecule has 1 saturated heterocycles. The second kappa shape index (κ2) is 6.38. The number of hydrogen-bond acceptors (Lipinski definition) is 3. The number of halogens is 1. The number of carbonyl (C=O) groups is 2. The van der Waals surface area contributed by atoms with Gasteiger partial charge in [-0.3, -0.25) is 4.79 Å². The number of nitrogens with one attached hydrogen (secondary N) is 1. The van der Waals surface area contributed by atoms with E-state index in [2.05, 4.69) is 21.2 Å². The van der Waals surface area contributed by atoms with Crippen LogP contribution < -0.4 is 5.32 Å². The number of urea groups is 1. The van der Waals surface area contributed by atoms with E-state index < -0.39 is 11.9 Å². The van der Waals surface area contributed by atoms with Crippen molar-refractivity contribution in [3.8, 4) is 0 Å². The minimum absolute atomic E-state index is 0.189. The number of carbonyl (C=O) groups excluding carboxylic acids is 1. The van der Waals surface area contributed by atoms with Gasteiger partial charge in [-0.15, -0.1) is 11.3 Å². The van der Waals surface area contributed by atoms with E-state index in [1.807, 2.05) is 11.4 Å². The Kier molecular flexibility index (Phi) is 4.81. The van der Waals surface area contributed by atoms with E-state index in [4.69, 9.17) is 5.11 Å². The smallest absolute Gasteiger partial charge is 0.317 e. The third-order valence-corrected chi connectivity index (χ3v) is 5.08. The maximum Gasteiger partial charge on any atom is 0.317 e. The Bertz CT molecular complexity index is 477. The fourth-order valence-corrected chi connectivity index (χ4v) is 3.51. The second-order valence-corrected chi connectivity index (χ2v) is 6.33. The molecule has 0 unspecified atom stereocenters. The van der Waals surface area contributed by atoms with E-state index in [9.17, 15) is 9.59 Å². The fourth-order valence-electron chi connectivity index (χ4n) is 2.08. The molecule has 0 aliphatic carbocycles. The van der Waals surface area contributed by atoms with Crippen LogP contribution in [-0.2, 0) is 11.3 Å². The van der Waals surface area contributed by atoms with Crippen molar-refractivity contribution in [3.05, 3.63) is 20.8 Å². The molecule has 2 N–H and O–H groups in total. The molecule has 1 atom stereocenters. The summed E-state index contributed by atoms with van der Waals surface area (Å²) in [6.45, 7) is 1.39. The molecule has 2 rings (SSSR count). The van der Waals surface area contributed by atoms with Gasteiger partial charge in [0.25, 0.3) is 0 Å². The molecule has 5 nitrogen and oxygen atoms in total. The minimum Gasteiger partial charge on any atom is -0.481 e. The number of likely N-dealkylation sites (tertiary alicyclic amines) is 1. The van der Waals surface area contributed by atoms with Crippen LogP contribution >= 0.6 is 27.3 Å². The third-order valence-electron chi connectivity index (χ3n) is 3.15. The lowest BCUT2D eigenvalue weighted by Crippen LogP contribution is -2.46. The maximum absolute atomic E-state index is 12.0. The lowest BCUT2D eigenvalue weighted by atomic mass is 9.99.